The monoisotopic (exact) mass is 483 g/mol. The van der Waals surface area contributed by atoms with Crippen LogP contribution in [-0.2, 0) is 11.3 Å². The van der Waals surface area contributed by atoms with Crippen LogP contribution in [0, 0.1) is 0 Å². The van der Waals surface area contributed by atoms with Crippen LogP contribution in [0.2, 0.25) is 0 Å². The standard InChI is InChI=1S/C28H29N5OS/c1-2-17-33-27(31-32-28(33)35-19-26(34)29-21-13-7-4-8-14-21)23-18-25(20-11-5-3-6-12-20)30-24-16-10-9-15-22(23)24/h2-3,5-6,9-12,15-16,18,21H,1,4,7-8,13-14,17,19H2,(H,29,34). The van der Waals surface area contributed by atoms with E-state index in [1.54, 1.807) is 0 Å². The maximum atomic E-state index is 12.6. The largest absolute Gasteiger partial charge is 0.353 e. The predicted octanol–water partition coefficient (Wildman–Crippen LogP) is 5.89. The number of fused-ring (bicyclic) bond motifs is 1. The molecule has 0 unspecified atom stereocenters. The lowest BCUT2D eigenvalue weighted by Gasteiger charge is -2.22. The Balaban J connectivity index is 1.46. The van der Waals surface area contributed by atoms with Crippen molar-refractivity contribution in [2.75, 3.05) is 5.75 Å². The van der Waals surface area contributed by atoms with Crippen LogP contribution in [0.15, 0.2) is 78.5 Å². The number of thioether (sulfide) groups is 1. The fourth-order valence-electron chi connectivity index (χ4n) is 4.65. The summed E-state index contributed by atoms with van der Waals surface area (Å²) in [5.74, 6) is 1.12. The number of hydrogen-bond acceptors (Lipinski definition) is 5. The fraction of sp³-hybridized carbons (Fsp3) is 0.286. The third-order valence-electron chi connectivity index (χ3n) is 6.36. The molecule has 5 rings (SSSR count). The molecular formula is C28H29N5OS. The lowest BCUT2D eigenvalue weighted by Crippen LogP contribution is -2.37. The number of aromatic nitrogens is 4. The molecule has 2 aromatic carbocycles. The second-order valence-electron chi connectivity index (χ2n) is 8.83. The summed E-state index contributed by atoms with van der Waals surface area (Å²) in [5, 5.41) is 13.9. The van der Waals surface area contributed by atoms with E-state index in [9.17, 15) is 4.79 Å². The van der Waals surface area contributed by atoms with Crippen molar-refractivity contribution in [3.8, 4) is 22.6 Å². The summed E-state index contributed by atoms with van der Waals surface area (Å²) in [5.41, 5.74) is 3.79. The molecule has 0 aliphatic heterocycles. The molecule has 0 spiro atoms. The molecular weight excluding hydrogens is 454 g/mol. The van der Waals surface area contributed by atoms with Gasteiger partial charge in [0.1, 0.15) is 0 Å². The summed E-state index contributed by atoms with van der Waals surface area (Å²) >= 11 is 1.42. The molecule has 2 heterocycles. The van der Waals surface area contributed by atoms with E-state index in [4.69, 9.17) is 4.98 Å². The highest BCUT2D eigenvalue weighted by atomic mass is 32.2. The molecule has 7 heteroatoms. The van der Waals surface area contributed by atoms with Crippen molar-refractivity contribution in [2.45, 2.75) is 49.8 Å². The van der Waals surface area contributed by atoms with Gasteiger partial charge < -0.3 is 5.32 Å². The molecule has 1 amide bonds. The first kappa shape index (κ1) is 23.3. The first-order chi connectivity index (χ1) is 17.2. The van der Waals surface area contributed by atoms with Crippen molar-refractivity contribution in [1.82, 2.24) is 25.1 Å². The first-order valence-corrected chi connectivity index (χ1v) is 13.1. The number of nitrogens with zero attached hydrogens (tertiary/aromatic N) is 4. The third kappa shape index (κ3) is 5.30. The van der Waals surface area contributed by atoms with Crippen molar-refractivity contribution >= 4 is 28.6 Å². The zero-order valence-corrected chi connectivity index (χ0v) is 20.5. The van der Waals surface area contributed by atoms with Gasteiger partial charge in [-0.3, -0.25) is 9.36 Å². The summed E-state index contributed by atoms with van der Waals surface area (Å²) in [7, 11) is 0. The van der Waals surface area contributed by atoms with Crippen molar-refractivity contribution in [2.24, 2.45) is 0 Å². The van der Waals surface area contributed by atoms with E-state index in [0.717, 1.165) is 46.4 Å². The predicted molar refractivity (Wildman–Crippen MR) is 142 cm³/mol. The zero-order chi connectivity index (χ0) is 24.0. The van der Waals surface area contributed by atoms with Gasteiger partial charge in [0, 0.05) is 29.1 Å². The van der Waals surface area contributed by atoms with Crippen LogP contribution in [0.4, 0.5) is 0 Å². The Hall–Kier alpha value is -3.45. The highest BCUT2D eigenvalue weighted by molar-refractivity contribution is 7.99. The van der Waals surface area contributed by atoms with Gasteiger partial charge in [0.15, 0.2) is 11.0 Å². The number of hydrogen-bond donors (Lipinski definition) is 1. The smallest absolute Gasteiger partial charge is 0.230 e. The molecule has 4 aromatic rings. The van der Waals surface area contributed by atoms with Crippen LogP contribution < -0.4 is 5.32 Å². The number of para-hydroxylation sites is 1. The van der Waals surface area contributed by atoms with Crippen LogP contribution in [-0.4, -0.2) is 37.5 Å². The summed E-state index contributed by atoms with van der Waals surface area (Å²) in [4.78, 5) is 17.5. The van der Waals surface area contributed by atoms with E-state index in [2.05, 4.69) is 46.4 Å². The highest BCUT2D eigenvalue weighted by Crippen LogP contribution is 2.33. The average molecular weight is 484 g/mol. The Morgan fingerprint density at radius 2 is 1.83 bits per heavy atom. The molecule has 0 radical (unpaired) electrons. The van der Waals surface area contributed by atoms with E-state index in [1.165, 1.54) is 31.0 Å². The van der Waals surface area contributed by atoms with Crippen LogP contribution in [0.3, 0.4) is 0 Å². The van der Waals surface area contributed by atoms with E-state index in [-0.39, 0.29) is 5.91 Å². The van der Waals surface area contributed by atoms with Gasteiger partial charge in [-0.15, -0.1) is 16.8 Å². The topological polar surface area (TPSA) is 72.7 Å². The van der Waals surface area contributed by atoms with E-state index >= 15 is 0 Å². The number of benzene rings is 2. The zero-order valence-electron chi connectivity index (χ0n) is 19.7. The summed E-state index contributed by atoms with van der Waals surface area (Å²) in [6.07, 6.45) is 7.64. The van der Waals surface area contributed by atoms with Crippen LogP contribution in [0.1, 0.15) is 32.1 Å². The molecule has 1 fully saturated rings. The number of amides is 1. The molecule has 1 N–H and O–H groups in total. The Kier molecular flexibility index (Phi) is 7.23. The Labute approximate surface area is 209 Å². The van der Waals surface area contributed by atoms with Crippen LogP contribution >= 0.6 is 11.8 Å². The summed E-state index contributed by atoms with van der Waals surface area (Å²) in [6.45, 7) is 4.48. The first-order valence-electron chi connectivity index (χ1n) is 12.1. The Bertz CT molecular complexity index is 1330. The van der Waals surface area contributed by atoms with Crippen LogP contribution in [0.25, 0.3) is 33.5 Å². The van der Waals surface area contributed by atoms with Gasteiger partial charge in [-0.25, -0.2) is 4.98 Å². The van der Waals surface area contributed by atoms with Crippen molar-refractivity contribution < 1.29 is 4.79 Å². The minimum Gasteiger partial charge on any atom is -0.353 e. The molecule has 6 nitrogen and oxygen atoms in total. The van der Waals surface area contributed by atoms with Crippen molar-refractivity contribution in [1.29, 1.82) is 0 Å². The van der Waals surface area contributed by atoms with E-state index in [0.29, 0.717) is 23.5 Å². The van der Waals surface area contributed by atoms with E-state index < -0.39 is 0 Å². The molecule has 178 valence electrons. The molecule has 1 aliphatic rings. The minimum atomic E-state index is 0.0531. The Morgan fingerprint density at radius 3 is 2.63 bits per heavy atom. The molecule has 0 atom stereocenters. The lowest BCUT2D eigenvalue weighted by atomic mass is 9.95. The number of rotatable bonds is 8. The molecule has 0 bridgehead atoms. The van der Waals surface area contributed by atoms with Gasteiger partial charge in [-0.05, 0) is 25.0 Å². The number of allylic oxidation sites excluding steroid dienone is 1. The fourth-order valence-corrected chi connectivity index (χ4v) is 5.41. The molecule has 2 aromatic heterocycles. The number of carbonyl (C=O) groups excluding carboxylic acids is 1. The third-order valence-corrected chi connectivity index (χ3v) is 7.32. The van der Waals surface area contributed by atoms with Gasteiger partial charge in [-0.2, -0.15) is 0 Å². The number of nitrogens with one attached hydrogen (secondary N) is 1. The van der Waals surface area contributed by atoms with Gasteiger partial charge >= 0.3 is 0 Å². The quantitative estimate of drug-likeness (QED) is 0.250. The summed E-state index contributed by atoms with van der Waals surface area (Å²) < 4.78 is 2.03. The molecule has 35 heavy (non-hydrogen) atoms. The maximum absolute atomic E-state index is 12.6. The van der Waals surface area contributed by atoms with Crippen molar-refractivity contribution in [3.63, 3.8) is 0 Å². The van der Waals surface area contributed by atoms with Gasteiger partial charge in [0.2, 0.25) is 5.91 Å². The molecule has 1 saturated carbocycles. The van der Waals surface area contributed by atoms with Gasteiger partial charge in [0.25, 0.3) is 0 Å². The normalized spacial score (nSPS) is 14.2. The van der Waals surface area contributed by atoms with Crippen LogP contribution in [0.5, 0.6) is 0 Å². The number of carbonyl (C=O) groups is 1. The minimum absolute atomic E-state index is 0.0531. The second kappa shape index (κ2) is 10.9. The van der Waals surface area contributed by atoms with E-state index in [1.807, 2.05) is 47.0 Å². The summed E-state index contributed by atoms with van der Waals surface area (Å²) in [6, 6.07) is 20.6. The average Bonchev–Trinajstić information content (AvgIpc) is 3.30. The number of pyridine rings is 1. The van der Waals surface area contributed by atoms with Gasteiger partial charge in [0.05, 0.1) is 17.0 Å². The van der Waals surface area contributed by atoms with Crippen molar-refractivity contribution in [3.05, 3.63) is 73.3 Å². The Morgan fingerprint density at radius 1 is 1.06 bits per heavy atom. The lowest BCUT2D eigenvalue weighted by molar-refractivity contribution is -0.119. The molecule has 1 aliphatic carbocycles. The SMILES string of the molecule is C=CCn1c(SCC(=O)NC2CCCCC2)nnc1-c1cc(-c2ccccc2)nc2ccccc12. The highest BCUT2D eigenvalue weighted by Gasteiger charge is 2.20. The van der Waals surface area contributed by atoms with Gasteiger partial charge in [-0.1, -0.05) is 85.6 Å². The molecule has 0 saturated heterocycles. The maximum Gasteiger partial charge on any atom is 0.230 e. The second-order valence-corrected chi connectivity index (χ2v) is 9.78.